The molecule has 2 aliphatic heterocycles. The molecule has 0 aromatic heterocycles. The highest BCUT2D eigenvalue weighted by molar-refractivity contribution is 6.30. The van der Waals surface area contributed by atoms with E-state index in [9.17, 15) is 14.7 Å². The largest absolute Gasteiger partial charge is 0.385 e. The van der Waals surface area contributed by atoms with Gasteiger partial charge in [0.2, 0.25) is 0 Å². The van der Waals surface area contributed by atoms with E-state index in [4.69, 9.17) is 11.6 Å². The molecule has 134 valence electrons. The Bertz CT molecular complexity index is 823. The Morgan fingerprint density at radius 1 is 0.923 bits per heavy atom. The predicted octanol–water partition coefficient (Wildman–Crippen LogP) is 2.88. The van der Waals surface area contributed by atoms with Gasteiger partial charge in [0, 0.05) is 18.1 Å². The number of rotatable bonds is 3. The summed E-state index contributed by atoms with van der Waals surface area (Å²) < 4.78 is 0. The molecule has 1 N–H and O–H groups in total. The van der Waals surface area contributed by atoms with Crippen LogP contribution in [-0.2, 0) is 5.60 Å². The molecule has 1 fully saturated rings. The summed E-state index contributed by atoms with van der Waals surface area (Å²) >= 11 is 5.92. The summed E-state index contributed by atoms with van der Waals surface area (Å²) in [5.41, 5.74) is 0.880. The minimum absolute atomic E-state index is 0.246. The van der Waals surface area contributed by atoms with Crippen molar-refractivity contribution in [3.8, 4) is 0 Å². The highest BCUT2D eigenvalue weighted by Gasteiger charge is 2.39. The number of imide groups is 1. The molecule has 2 aromatic rings. The Morgan fingerprint density at radius 3 is 2.00 bits per heavy atom. The van der Waals surface area contributed by atoms with Crippen LogP contribution in [-0.4, -0.2) is 46.5 Å². The second-order valence-electron chi connectivity index (χ2n) is 6.88. The zero-order chi connectivity index (χ0) is 18.3. The van der Waals surface area contributed by atoms with Crippen molar-refractivity contribution in [3.05, 3.63) is 70.2 Å². The Morgan fingerprint density at radius 2 is 1.46 bits per heavy atom. The number of hydrogen-bond acceptors (Lipinski definition) is 4. The maximum absolute atomic E-state index is 12.5. The van der Waals surface area contributed by atoms with E-state index in [2.05, 4.69) is 0 Å². The summed E-state index contributed by atoms with van der Waals surface area (Å²) in [6, 6.07) is 14.2. The lowest BCUT2D eigenvalue weighted by molar-refractivity contribution is -0.0332. The van der Waals surface area contributed by atoms with Gasteiger partial charge < -0.3 is 5.11 Å². The van der Waals surface area contributed by atoms with E-state index < -0.39 is 5.60 Å². The van der Waals surface area contributed by atoms with Crippen LogP contribution < -0.4 is 0 Å². The van der Waals surface area contributed by atoms with Crippen molar-refractivity contribution < 1.29 is 14.7 Å². The average molecular weight is 371 g/mol. The quantitative estimate of drug-likeness (QED) is 0.844. The molecule has 2 aliphatic rings. The van der Waals surface area contributed by atoms with Crippen LogP contribution in [0.3, 0.4) is 0 Å². The van der Waals surface area contributed by atoms with Gasteiger partial charge in [-0.1, -0.05) is 35.9 Å². The van der Waals surface area contributed by atoms with E-state index in [1.165, 1.54) is 4.90 Å². The minimum Gasteiger partial charge on any atom is -0.385 e. The van der Waals surface area contributed by atoms with Crippen LogP contribution in [0.4, 0.5) is 0 Å². The molecule has 26 heavy (non-hydrogen) atoms. The predicted molar refractivity (Wildman–Crippen MR) is 98.0 cm³/mol. The van der Waals surface area contributed by atoms with Crippen molar-refractivity contribution in [1.29, 1.82) is 0 Å². The Hall–Kier alpha value is -2.21. The standard InChI is InChI=1S/C20H19ClN2O3/c21-15-7-5-14(6-8-15)20(26)9-11-22(12-10-20)13-23-18(24)16-3-1-2-4-17(16)19(23)25/h1-8,26H,9-13H2. The number of aliphatic hydroxyl groups is 1. The maximum Gasteiger partial charge on any atom is 0.262 e. The fraction of sp³-hybridized carbons (Fsp3) is 0.300. The van der Waals surface area contributed by atoms with Gasteiger partial charge in [-0.2, -0.15) is 0 Å². The van der Waals surface area contributed by atoms with Gasteiger partial charge in [0.05, 0.1) is 23.4 Å². The second kappa shape index (κ2) is 6.50. The van der Waals surface area contributed by atoms with Crippen LogP contribution in [0.2, 0.25) is 5.02 Å². The van der Waals surface area contributed by atoms with Gasteiger partial charge in [-0.25, -0.2) is 0 Å². The number of fused-ring (bicyclic) bond motifs is 1. The molecule has 1 saturated heterocycles. The van der Waals surface area contributed by atoms with Gasteiger partial charge in [0.25, 0.3) is 11.8 Å². The first kappa shape index (κ1) is 17.2. The summed E-state index contributed by atoms with van der Waals surface area (Å²) in [6.07, 6.45) is 1.08. The van der Waals surface area contributed by atoms with Gasteiger partial charge in [0.1, 0.15) is 0 Å². The van der Waals surface area contributed by atoms with Crippen molar-refractivity contribution in [2.24, 2.45) is 0 Å². The molecular weight excluding hydrogens is 352 g/mol. The summed E-state index contributed by atoms with van der Waals surface area (Å²) in [4.78, 5) is 28.3. The normalized spacial score (nSPS) is 19.7. The minimum atomic E-state index is -0.900. The topological polar surface area (TPSA) is 60.9 Å². The molecule has 0 aliphatic carbocycles. The lowest BCUT2D eigenvalue weighted by Gasteiger charge is -2.39. The number of likely N-dealkylation sites (tertiary alicyclic amines) is 1. The lowest BCUT2D eigenvalue weighted by Crippen LogP contribution is -2.48. The van der Waals surface area contributed by atoms with E-state index in [0.29, 0.717) is 42.1 Å². The number of benzene rings is 2. The highest BCUT2D eigenvalue weighted by atomic mass is 35.5. The molecule has 0 unspecified atom stereocenters. The van der Waals surface area contributed by atoms with E-state index in [1.54, 1.807) is 36.4 Å². The fourth-order valence-corrected chi connectivity index (χ4v) is 3.81. The first-order valence-corrected chi connectivity index (χ1v) is 9.02. The van der Waals surface area contributed by atoms with Gasteiger partial charge in [-0.05, 0) is 42.7 Å². The van der Waals surface area contributed by atoms with Gasteiger partial charge in [0.15, 0.2) is 0 Å². The van der Waals surface area contributed by atoms with Crippen molar-refractivity contribution in [2.75, 3.05) is 19.8 Å². The van der Waals surface area contributed by atoms with Crippen LogP contribution in [0.25, 0.3) is 0 Å². The Balaban J connectivity index is 1.43. The summed E-state index contributed by atoms with van der Waals surface area (Å²) in [7, 11) is 0. The fourth-order valence-electron chi connectivity index (χ4n) is 3.68. The zero-order valence-corrected chi connectivity index (χ0v) is 14.9. The van der Waals surface area contributed by atoms with E-state index in [-0.39, 0.29) is 18.5 Å². The van der Waals surface area contributed by atoms with Gasteiger partial charge in [-0.15, -0.1) is 0 Å². The molecule has 0 atom stereocenters. The van der Waals surface area contributed by atoms with Crippen LogP contribution in [0.5, 0.6) is 0 Å². The Labute approximate surface area is 156 Å². The van der Waals surface area contributed by atoms with Crippen LogP contribution in [0.1, 0.15) is 39.1 Å². The third-order valence-electron chi connectivity index (χ3n) is 5.28. The maximum atomic E-state index is 12.5. The highest BCUT2D eigenvalue weighted by Crippen LogP contribution is 2.34. The van der Waals surface area contributed by atoms with Crippen molar-refractivity contribution >= 4 is 23.4 Å². The molecule has 0 spiro atoms. The first-order valence-electron chi connectivity index (χ1n) is 8.64. The molecule has 2 amide bonds. The molecule has 2 aromatic carbocycles. The van der Waals surface area contributed by atoms with E-state index >= 15 is 0 Å². The van der Waals surface area contributed by atoms with E-state index in [0.717, 1.165) is 5.56 Å². The molecule has 2 heterocycles. The van der Waals surface area contributed by atoms with Crippen molar-refractivity contribution in [2.45, 2.75) is 18.4 Å². The number of carbonyl (C=O) groups is 2. The zero-order valence-electron chi connectivity index (χ0n) is 14.2. The number of carbonyl (C=O) groups excluding carboxylic acids is 2. The monoisotopic (exact) mass is 370 g/mol. The van der Waals surface area contributed by atoms with Crippen molar-refractivity contribution in [1.82, 2.24) is 9.80 Å². The average Bonchev–Trinajstić information content (AvgIpc) is 2.89. The molecule has 0 saturated carbocycles. The molecule has 6 heteroatoms. The number of halogens is 1. The van der Waals surface area contributed by atoms with Crippen molar-refractivity contribution in [3.63, 3.8) is 0 Å². The number of nitrogens with zero attached hydrogens (tertiary/aromatic N) is 2. The smallest absolute Gasteiger partial charge is 0.262 e. The first-order chi connectivity index (χ1) is 12.5. The number of amides is 2. The molecular formula is C20H19ClN2O3. The van der Waals surface area contributed by atoms with E-state index in [1.807, 2.05) is 17.0 Å². The number of hydrogen-bond donors (Lipinski definition) is 1. The van der Waals surface area contributed by atoms with Gasteiger partial charge >= 0.3 is 0 Å². The van der Waals surface area contributed by atoms with Crippen LogP contribution >= 0.6 is 11.6 Å². The summed E-state index contributed by atoms with van der Waals surface area (Å²) in [5.74, 6) is -0.492. The summed E-state index contributed by atoms with van der Waals surface area (Å²) in [5, 5.41) is 11.6. The summed E-state index contributed by atoms with van der Waals surface area (Å²) in [6.45, 7) is 1.46. The third-order valence-corrected chi connectivity index (χ3v) is 5.54. The SMILES string of the molecule is O=C1c2ccccc2C(=O)N1CN1CCC(O)(c2ccc(Cl)cc2)CC1. The Kier molecular flexibility index (Phi) is 4.31. The molecule has 5 nitrogen and oxygen atoms in total. The van der Waals surface area contributed by atoms with Gasteiger partial charge in [-0.3, -0.25) is 19.4 Å². The lowest BCUT2D eigenvalue weighted by atomic mass is 9.84. The number of piperidine rings is 1. The third kappa shape index (κ3) is 2.92. The molecule has 4 rings (SSSR count). The van der Waals surface area contributed by atoms with Crippen LogP contribution in [0, 0.1) is 0 Å². The van der Waals surface area contributed by atoms with Crippen LogP contribution in [0.15, 0.2) is 48.5 Å². The molecule has 0 radical (unpaired) electrons. The second-order valence-corrected chi connectivity index (χ2v) is 7.32. The molecule has 0 bridgehead atoms.